The summed E-state index contributed by atoms with van der Waals surface area (Å²) in [5, 5.41) is 0. The molecule has 0 heterocycles. The summed E-state index contributed by atoms with van der Waals surface area (Å²) in [4.78, 5) is 0. The number of rotatable bonds is 6. The Hall–Kier alpha value is -2.52. The van der Waals surface area contributed by atoms with E-state index in [0.29, 0.717) is 0 Å². The van der Waals surface area contributed by atoms with Gasteiger partial charge in [0.15, 0.2) is 0 Å². The predicted octanol–water partition coefficient (Wildman–Crippen LogP) is 10.8. The zero-order valence-electron chi connectivity index (χ0n) is 24.0. The van der Waals surface area contributed by atoms with Crippen LogP contribution in [0, 0.1) is 24.2 Å². The van der Waals surface area contributed by atoms with Gasteiger partial charge < -0.3 is 0 Å². The molecular weight excluding hydrogens is 408 g/mol. The summed E-state index contributed by atoms with van der Waals surface area (Å²) in [6, 6.07) is 6.51. The van der Waals surface area contributed by atoms with Gasteiger partial charge in [0, 0.05) is 5.56 Å². The smallest absolute Gasteiger partial charge is 0.0248 e. The normalized spacial score (nSPS) is 14.9. The van der Waals surface area contributed by atoms with Gasteiger partial charge in [0.05, 0.1) is 0 Å². The van der Waals surface area contributed by atoms with Crippen LogP contribution in [0.4, 0.5) is 0 Å². The third-order valence-electron chi connectivity index (χ3n) is 4.74. The summed E-state index contributed by atoms with van der Waals surface area (Å²) in [6.45, 7) is 28.5. The highest BCUT2D eigenvalue weighted by Crippen LogP contribution is 2.39. The van der Waals surface area contributed by atoms with Gasteiger partial charge in [-0.1, -0.05) is 101 Å². The van der Waals surface area contributed by atoms with E-state index in [4.69, 9.17) is 6.42 Å². The highest BCUT2D eigenvalue weighted by Gasteiger charge is 2.21. The van der Waals surface area contributed by atoms with Crippen LogP contribution in [0.5, 0.6) is 0 Å². The maximum Gasteiger partial charge on any atom is 0.0248 e. The first-order valence-corrected chi connectivity index (χ1v) is 12.9. The molecule has 1 aliphatic rings. The van der Waals surface area contributed by atoms with E-state index in [1.807, 2.05) is 33.8 Å². The zero-order chi connectivity index (χ0) is 26.7. The topological polar surface area (TPSA) is 0 Å². The van der Waals surface area contributed by atoms with E-state index < -0.39 is 0 Å². The van der Waals surface area contributed by atoms with Crippen LogP contribution in [0.1, 0.15) is 105 Å². The summed E-state index contributed by atoms with van der Waals surface area (Å²) in [6.07, 6.45) is 18.1. The molecule has 0 saturated heterocycles. The Morgan fingerprint density at radius 1 is 1.12 bits per heavy atom. The summed E-state index contributed by atoms with van der Waals surface area (Å²) < 4.78 is 0. The Morgan fingerprint density at radius 2 is 1.68 bits per heavy atom. The van der Waals surface area contributed by atoms with Crippen molar-refractivity contribution in [2.45, 2.75) is 94.9 Å². The van der Waals surface area contributed by atoms with Gasteiger partial charge in [0.25, 0.3) is 0 Å². The molecule has 188 valence electrons. The minimum absolute atomic E-state index is 0.744. The second-order valence-electron chi connectivity index (χ2n) is 9.86. The molecule has 0 aliphatic heterocycles. The van der Waals surface area contributed by atoms with Crippen LogP contribution in [0.3, 0.4) is 0 Å². The number of benzene rings is 1. The number of allylic oxidation sites excluding steroid dienone is 8. The Bertz CT molecular complexity index is 855. The Labute approximate surface area is 213 Å². The fourth-order valence-electron chi connectivity index (χ4n) is 3.46. The Balaban J connectivity index is 0. The fraction of sp³-hybridized carbons (Fsp3) is 0.471. The molecule has 0 bridgehead atoms. The molecule has 0 amide bonds. The third-order valence-corrected chi connectivity index (χ3v) is 4.74. The van der Waals surface area contributed by atoms with Crippen molar-refractivity contribution >= 4 is 5.57 Å². The Kier molecular flexibility index (Phi) is 19.7. The Morgan fingerprint density at radius 3 is 2.12 bits per heavy atom. The monoisotopic (exact) mass is 460 g/mol. The van der Waals surface area contributed by atoms with Crippen molar-refractivity contribution in [1.82, 2.24) is 0 Å². The molecule has 0 heteroatoms. The molecule has 1 unspecified atom stereocenters. The minimum Gasteiger partial charge on any atom is -0.115 e. The largest absolute Gasteiger partial charge is 0.115 e. The van der Waals surface area contributed by atoms with E-state index in [1.165, 1.54) is 46.3 Å². The van der Waals surface area contributed by atoms with Crippen molar-refractivity contribution in [3.63, 3.8) is 0 Å². The van der Waals surface area contributed by atoms with Gasteiger partial charge in [0.2, 0.25) is 0 Å². The molecule has 0 N–H and O–H groups in total. The number of hydrogen-bond acceptors (Lipinski definition) is 0. The van der Waals surface area contributed by atoms with Gasteiger partial charge in [-0.3, -0.25) is 0 Å². The molecule has 1 atom stereocenters. The van der Waals surface area contributed by atoms with Gasteiger partial charge in [-0.25, -0.2) is 0 Å². The van der Waals surface area contributed by atoms with Crippen LogP contribution in [0.2, 0.25) is 0 Å². The van der Waals surface area contributed by atoms with Crippen LogP contribution in [-0.2, 0) is 6.42 Å². The second kappa shape index (κ2) is 19.9. The maximum atomic E-state index is 5.63. The maximum absolute atomic E-state index is 5.63. The second-order valence-corrected chi connectivity index (χ2v) is 9.86. The van der Waals surface area contributed by atoms with E-state index in [9.17, 15) is 0 Å². The highest BCUT2D eigenvalue weighted by molar-refractivity contribution is 5.74. The van der Waals surface area contributed by atoms with Crippen LogP contribution >= 0.6 is 0 Å². The molecule has 1 aliphatic carbocycles. The molecule has 1 aromatic rings. The minimum atomic E-state index is 0.744. The lowest BCUT2D eigenvalue weighted by atomic mass is 9.91. The van der Waals surface area contributed by atoms with Gasteiger partial charge in [-0.05, 0) is 94.0 Å². The fourth-order valence-corrected chi connectivity index (χ4v) is 3.46. The first-order valence-electron chi connectivity index (χ1n) is 12.9. The lowest BCUT2D eigenvalue weighted by Gasteiger charge is -2.13. The molecule has 0 aromatic heterocycles. The first kappa shape index (κ1) is 33.7. The molecule has 2 rings (SSSR count). The number of hydrogen-bond donors (Lipinski definition) is 0. The summed E-state index contributed by atoms with van der Waals surface area (Å²) in [5.41, 5.74) is 9.36. The summed E-state index contributed by atoms with van der Waals surface area (Å²) >= 11 is 0. The molecule has 0 saturated carbocycles. The van der Waals surface area contributed by atoms with Crippen molar-refractivity contribution < 1.29 is 0 Å². The van der Waals surface area contributed by atoms with E-state index in [1.54, 1.807) is 6.08 Å². The van der Waals surface area contributed by atoms with E-state index in [2.05, 4.69) is 91.0 Å². The average molecular weight is 461 g/mol. The average Bonchev–Trinajstić information content (AvgIpc) is 3.10. The quantitative estimate of drug-likeness (QED) is 0.225. The lowest BCUT2D eigenvalue weighted by Crippen LogP contribution is -1.97. The van der Waals surface area contributed by atoms with Crippen LogP contribution in [0.15, 0.2) is 72.4 Å². The van der Waals surface area contributed by atoms with Crippen molar-refractivity contribution in [2.75, 3.05) is 0 Å². The zero-order valence-corrected chi connectivity index (χ0v) is 24.0. The summed E-state index contributed by atoms with van der Waals surface area (Å²) in [5.74, 6) is 4.37. The molecule has 1 aromatic carbocycles. The molecule has 0 radical (unpaired) electrons. The van der Waals surface area contributed by atoms with Crippen molar-refractivity contribution in [3.8, 4) is 12.3 Å². The highest BCUT2D eigenvalue weighted by atomic mass is 14.3. The third kappa shape index (κ3) is 16.1. The first-order chi connectivity index (χ1) is 16.0. The van der Waals surface area contributed by atoms with Crippen molar-refractivity contribution in [1.29, 1.82) is 0 Å². The van der Waals surface area contributed by atoms with Gasteiger partial charge in [-0.15, -0.1) is 13.0 Å². The van der Waals surface area contributed by atoms with Crippen molar-refractivity contribution in [3.05, 3.63) is 89.1 Å². The van der Waals surface area contributed by atoms with Gasteiger partial charge in [-0.2, -0.15) is 0 Å². The molecule has 0 fully saturated rings. The number of aryl methyl sites for hydroxylation is 1. The number of terminal acetylenes is 1. The van der Waals surface area contributed by atoms with Crippen LogP contribution in [-0.4, -0.2) is 0 Å². The van der Waals surface area contributed by atoms with Crippen LogP contribution < -0.4 is 0 Å². The molecule has 0 nitrogen and oxygen atoms in total. The van der Waals surface area contributed by atoms with E-state index in [-0.39, 0.29) is 0 Å². The van der Waals surface area contributed by atoms with E-state index >= 15 is 0 Å². The standard InChI is InChI=1S/C24H28.C4H10.C4H8.C2H6/c1-6-8-9-10-18(3)11-13-22-14-12-21(7-2)17-24(22)23-16-19(4)15-20(23)5;2*1-4(2)3;1-2/h2,6,8-10,12,14,17,19H,1,11,13,15-16H2,3-5H3;4H,1-3H3;1H2,2-3H3;1-2H3/b9-8-,18-10+;;;. The van der Waals surface area contributed by atoms with Crippen molar-refractivity contribution in [2.24, 2.45) is 11.8 Å². The molecule has 0 spiro atoms. The lowest BCUT2D eigenvalue weighted by molar-refractivity contribution is 0.631. The molecule has 34 heavy (non-hydrogen) atoms. The SMILES string of the molecule is C#Cc1ccc(CC/C(C)=C/C=C\C=C)c(C2=C(C)CC(C)C2)c1.C=C(C)C.CC.CC(C)C. The van der Waals surface area contributed by atoms with Gasteiger partial charge >= 0.3 is 0 Å². The van der Waals surface area contributed by atoms with E-state index in [0.717, 1.165) is 30.2 Å². The van der Waals surface area contributed by atoms with Gasteiger partial charge in [0.1, 0.15) is 0 Å². The summed E-state index contributed by atoms with van der Waals surface area (Å²) in [7, 11) is 0. The predicted molar refractivity (Wildman–Crippen MR) is 159 cm³/mol. The molecular formula is C34H52. The van der Waals surface area contributed by atoms with Crippen LogP contribution in [0.25, 0.3) is 5.57 Å².